The van der Waals surface area contributed by atoms with Gasteiger partial charge in [-0.05, 0) is 49.8 Å². The lowest BCUT2D eigenvalue weighted by atomic mass is 9.88. The van der Waals surface area contributed by atoms with Crippen LogP contribution in [-0.2, 0) is 44.1 Å². The van der Waals surface area contributed by atoms with Crippen LogP contribution in [0, 0.1) is 5.92 Å². The first-order valence-corrected chi connectivity index (χ1v) is 15.0. The van der Waals surface area contributed by atoms with E-state index in [1.165, 1.54) is 22.7 Å². The predicted molar refractivity (Wildman–Crippen MR) is 140 cm³/mol. The second kappa shape index (κ2) is 10.7. The summed E-state index contributed by atoms with van der Waals surface area (Å²) in [7, 11) is -2.34. The second-order valence-electron chi connectivity index (χ2n) is 8.77. The molecule has 12 heteroatoms. The molecule has 2 aromatic heterocycles. The molecule has 1 aromatic carbocycles. The van der Waals surface area contributed by atoms with Gasteiger partial charge in [-0.3, -0.25) is 9.59 Å². The molecule has 0 saturated carbocycles. The largest absolute Gasteiger partial charge is 0.462 e. The maximum atomic E-state index is 12.7. The van der Waals surface area contributed by atoms with Gasteiger partial charge in [-0.1, -0.05) is 30.4 Å². The van der Waals surface area contributed by atoms with Gasteiger partial charge in [0.15, 0.2) is 14.6 Å². The number of para-hydroxylation sites is 1. The minimum Gasteiger partial charge on any atom is -0.462 e. The number of amides is 2. The Kier molecular flexibility index (Phi) is 7.76. The van der Waals surface area contributed by atoms with Gasteiger partial charge in [0.25, 0.3) is 5.91 Å². The standard InChI is InChI=1S/C24H27N3O6S3/c1-4-33-23(30)21-15-10-9-14(2)11-18(15)34-22(21)25-19(28)12-36(31,32)13-20(29)26-24-27(3)16-7-5-6-8-17(16)35-24/h5-8,14H,4,9-13H2,1-3H3,(H,25,28). The fourth-order valence-electron chi connectivity index (χ4n) is 4.19. The Bertz CT molecular complexity index is 1510. The number of thiophene rings is 1. The van der Waals surface area contributed by atoms with E-state index < -0.39 is 39.1 Å². The minimum atomic E-state index is -4.09. The molecule has 1 N–H and O–H groups in total. The number of fused-ring (bicyclic) bond motifs is 2. The summed E-state index contributed by atoms with van der Waals surface area (Å²) in [5.41, 5.74) is 2.04. The average Bonchev–Trinajstić information content (AvgIpc) is 3.29. The summed E-state index contributed by atoms with van der Waals surface area (Å²) in [5.74, 6) is -3.53. The number of esters is 1. The number of carbonyl (C=O) groups excluding carboxylic acids is 3. The minimum absolute atomic E-state index is 0.185. The number of hydrogen-bond donors (Lipinski definition) is 1. The van der Waals surface area contributed by atoms with Crippen LogP contribution in [0.5, 0.6) is 0 Å². The molecule has 2 amide bonds. The molecule has 0 radical (unpaired) electrons. The Morgan fingerprint density at radius 2 is 1.94 bits per heavy atom. The molecular weight excluding hydrogens is 522 g/mol. The number of carbonyl (C=O) groups is 3. The van der Waals surface area contributed by atoms with Crippen LogP contribution in [0.1, 0.15) is 41.1 Å². The molecule has 192 valence electrons. The molecule has 36 heavy (non-hydrogen) atoms. The number of thiazole rings is 1. The van der Waals surface area contributed by atoms with E-state index in [0.29, 0.717) is 27.7 Å². The number of rotatable bonds is 7. The van der Waals surface area contributed by atoms with E-state index in [4.69, 9.17) is 4.74 Å². The fraction of sp³-hybridized carbons (Fsp3) is 0.417. The van der Waals surface area contributed by atoms with E-state index in [1.54, 1.807) is 18.5 Å². The highest BCUT2D eigenvalue weighted by Crippen LogP contribution is 2.40. The molecule has 2 heterocycles. The van der Waals surface area contributed by atoms with E-state index in [0.717, 1.165) is 33.5 Å². The summed E-state index contributed by atoms with van der Waals surface area (Å²) in [6.07, 6.45) is 2.40. The highest BCUT2D eigenvalue weighted by molar-refractivity contribution is 7.92. The topological polar surface area (TPSA) is 124 Å². The van der Waals surface area contributed by atoms with E-state index in [1.807, 2.05) is 24.3 Å². The maximum absolute atomic E-state index is 12.7. The summed E-state index contributed by atoms with van der Waals surface area (Å²) in [6, 6.07) is 7.50. The van der Waals surface area contributed by atoms with Crippen molar-refractivity contribution in [2.24, 2.45) is 18.0 Å². The van der Waals surface area contributed by atoms with Gasteiger partial charge >= 0.3 is 5.97 Å². The van der Waals surface area contributed by atoms with Gasteiger partial charge < -0.3 is 14.6 Å². The summed E-state index contributed by atoms with van der Waals surface area (Å²) in [6.45, 7) is 4.01. The molecule has 0 aliphatic heterocycles. The third kappa shape index (κ3) is 5.76. The molecule has 1 aliphatic rings. The quantitative estimate of drug-likeness (QED) is 0.452. The van der Waals surface area contributed by atoms with Crippen molar-refractivity contribution in [2.45, 2.75) is 33.1 Å². The molecule has 0 saturated heterocycles. The molecule has 1 unspecified atom stereocenters. The third-order valence-electron chi connectivity index (χ3n) is 5.87. The number of sulfone groups is 1. The zero-order valence-corrected chi connectivity index (χ0v) is 22.6. The first-order chi connectivity index (χ1) is 17.1. The average molecular weight is 550 g/mol. The van der Waals surface area contributed by atoms with Gasteiger partial charge in [0, 0.05) is 11.9 Å². The van der Waals surface area contributed by atoms with Crippen molar-refractivity contribution in [1.82, 2.24) is 4.57 Å². The van der Waals surface area contributed by atoms with Crippen LogP contribution < -0.4 is 10.1 Å². The van der Waals surface area contributed by atoms with Gasteiger partial charge in [0.2, 0.25) is 5.91 Å². The van der Waals surface area contributed by atoms with Gasteiger partial charge in [-0.25, -0.2) is 13.2 Å². The number of nitrogens with zero attached hydrogens (tertiary/aromatic N) is 2. The third-order valence-corrected chi connectivity index (χ3v) is 9.55. The van der Waals surface area contributed by atoms with Gasteiger partial charge in [-0.15, -0.1) is 11.3 Å². The SMILES string of the molecule is CCOC(=O)c1c(NC(=O)CS(=O)(=O)CC(=O)N=c2sc3ccccc3n2C)sc2c1CCC(C)C2. The Balaban J connectivity index is 1.49. The number of aromatic nitrogens is 1. The monoisotopic (exact) mass is 549 g/mol. The molecule has 0 fully saturated rings. The smallest absolute Gasteiger partial charge is 0.341 e. The highest BCUT2D eigenvalue weighted by Gasteiger charge is 2.30. The summed E-state index contributed by atoms with van der Waals surface area (Å²) >= 11 is 2.55. The second-order valence-corrected chi connectivity index (χ2v) is 13.0. The highest BCUT2D eigenvalue weighted by atomic mass is 32.2. The molecule has 1 atom stereocenters. The number of benzene rings is 1. The van der Waals surface area contributed by atoms with Crippen LogP contribution in [0.3, 0.4) is 0 Å². The lowest BCUT2D eigenvalue weighted by Gasteiger charge is -2.18. The maximum Gasteiger partial charge on any atom is 0.341 e. The van der Waals surface area contributed by atoms with Crippen molar-refractivity contribution in [3.63, 3.8) is 0 Å². The molecule has 9 nitrogen and oxygen atoms in total. The van der Waals surface area contributed by atoms with Crippen LogP contribution in [0.15, 0.2) is 29.3 Å². The van der Waals surface area contributed by atoms with Gasteiger partial charge in [-0.2, -0.15) is 4.99 Å². The van der Waals surface area contributed by atoms with Gasteiger partial charge in [0.05, 0.1) is 22.4 Å². The summed E-state index contributed by atoms with van der Waals surface area (Å²) < 4.78 is 33.0. The Labute approximate surface area is 216 Å². The molecule has 0 spiro atoms. The molecule has 3 aromatic rings. The number of anilines is 1. The van der Waals surface area contributed by atoms with Gasteiger partial charge in [0.1, 0.15) is 16.5 Å². The molecule has 4 rings (SSSR count). The van der Waals surface area contributed by atoms with Crippen molar-refractivity contribution in [2.75, 3.05) is 23.4 Å². The fourth-order valence-corrected chi connectivity index (χ4v) is 7.65. The number of hydrogen-bond acceptors (Lipinski definition) is 8. The van der Waals surface area contributed by atoms with Crippen molar-refractivity contribution < 1.29 is 27.5 Å². The Morgan fingerprint density at radius 3 is 2.67 bits per heavy atom. The van der Waals surface area contributed by atoms with Crippen LogP contribution in [0.2, 0.25) is 0 Å². The summed E-state index contributed by atoms with van der Waals surface area (Å²) in [5, 5.41) is 2.88. The number of nitrogens with one attached hydrogen (secondary N) is 1. The normalized spacial score (nSPS) is 16.1. The van der Waals surface area contributed by atoms with E-state index in [-0.39, 0.29) is 6.61 Å². The van der Waals surface area contributed by atoms with Crippen LogP contribution >= 0.6 is 22.7 Å². The lowest BCUT2D eigenvalue weighted by Crippen LogP contribution is -2.28. The molecular formula is C24H27N3O6S3. The zero-order valence-electron chi connectivity index (χ0n) is 20.2. The Morgan fingerprint density at radius 1 is 1.19 bits per heavy atom. The first-order valence-electron chi connectivity index (χ1n) is 11.5. The summed E-state index contributed by atoms with van der Waals surface area (Å²) in [4.78, 5) is 43.0. The predicted octanol–water partition coefficient (Wildman–Crippen LogP) is 3.08. The van der Waals surface area contributed by atoms with Crippen LogP contribution in [-0.4, -0.2) is 48.9 Å². The lowest BCUT2D eigenvalue weighted by molar-refractivity contribution is -0.115. The number of ether oxygens (including phenoxy) is 1. The molecule has 0 bridgehead atoms. The van der Waals surface area contributed by atoms with Crippen molar-refractivity contribution in [3.8, 4) is 0 Å². The number of aryl methyl sites for hydroxylation is 1. The van der Waals surface area contributed by atoms with Crippen LogP contribution in [0.25, 0.3) is 10.2 Å². The van der Waals surface area contributed by atoms with E-state index >= 15 is 0 Å². The first kappa shape index (κ1) is 26.2. The van der Waals surface area contributed by atoms with Crippen molar-refractivity contribution in [1.29, 1.82) is 0 Å². The van der Waals surface area contributed by atoms with Crippen molar-refractivity contribution >= 4 is 65.5 Å². The van der Waals surface area contributed by atoms with Crippen molar-refractivity contribution in [3.05, 3.63) is 45.1 Å². The molecule has 1 aliphatic carbocycles. The van der Waals surface area contributed by atoms with E-state index in [9.17, 15) is 22.8 Å². The van der Waals surface area contributed by atoms with E-state index in [2.05, 4.69) is 17.2 Å². The van der Waals surface area contributed by atoms with Crippen LogP contribution in [0.4, 0.5) is 5.00 Å². The zero-order chi connectivity index (χ0) is 26.0. The Hall–Kier alpha value is -2.83.